The van der Waals surface area contributed by atoms with E-state index in [4.69, 9.17) is 4.74 Å². The van der Waals surface area contributed by atoms with Crippen LogP contribution in [0.4, 0.5) is 0 Å². The Morgan fingerprint density at radius 3 is 2.57 bits per heavy atom. The molecule has 1 aromatic carbocycles. The molecule has 0 unspecified atom stereocenters. The Bertz CT molecular complexity index is 558. The molecule has 4 heteroatoms. The zero-order chi connectivity index (χ0) is 15.2. The van der Waals surface area contributed by atoms with Crippen molar-refractivity contribution in [3.05, 3.63) is 41.6 Å². The van der Waals surface area contributed by atoms with E-state index in [2.05, 4.69) is 43.3 Å². The van der Waals surface area contributed by atoms with Gasteiger partial charge in [0.25, 0.3) is 0 Å². The molecule has 1 heterocycles. The molecule has 2 rings (SSSR count). The lowest BCUT2D eigenvalue weighted by Crippen LogP contribution is -2.08. The molecule has 0 amide bonds. The van der Waals surface area contributed by atoms with Crippen LogP contribution in [0.2, 0.25) is 0 Å². The van der Waals surface area contributed by atoms with E-state index >= 15 is 0 Å². The van der Waals surface area contributed by atoms with Crippen molar-refractivity contribution in [2.75, 3.05) is 7.05 Å². The van der Waals surface area contributed by atoms with Gasteiger partial charge in [-0.2, -0.15) is 5.10 Å². The number of nitrogens with one attached hydrogen (secondary N) is 1. The van der Waals surface area contributed by atoms with E-state index in [-0.39, 0.29) is 0 Å². The number of aryl methyl sites for hydroxylation is 2. The third-order valence-electron chi connectivity index (χ3n) is 3.31. The van der Waals surface area contributed by atoms with Gasteiger partial charge in [-0.3, -0.25) is 0 Å². The number of aromatic nitrogens is 2. The lowest BCUT2D eigenvalue weighted by Gasteiger charge is -2.10. The Morgan fingerprint density at radius 1 is 1.24 bits per heavy atom. The van der Waals surface area contributed by atoms with E-state index in [1.165, 1.54) is 5.56 Å². The highest BCUT2D eigenvalue weighted by Crippen LogP contribution is 2.23. The van der Waals surface area contributed by atoms with Gasteiger partial charge in [0.2, 0.25) is 5.88 Å². The second-order valence-corrected chi connectivity index (χ2v) is 5.83. The van der Waals surface area contributed by atoms with Gasteiger partial charge in [-0.05, 0) is 38.4 Å². The predicted molar refractivity (Wildman–Crippen MR) is 85.7 cm³/mol. The van der Waals surface area contributed by atoms with Gasteiger partial charge in [0.1, 0.15) is 5.75 Å². The molecule has 0 bridgehead atoms. The molecular weight excluding hydrogens is 262 g/mol. The summed E-state index contributed by atoms with van der Waals surface area (Å²) in [6, 6.07) is 10.1. The van der Waals surface area contributed by atoms with Crippen molar-refractivity contribution < 1.29 is 4.74 Å². The minimum Gasteiger partial charge on any atom is -0.439 e. The maximum atomic E-state index is 6.00. The molecule has 21 heavy (non-hydrogen) atoms. The van der Waals surface area contributed by atoms with Gasteiger partial charge < -0.3 is 10.1 Å². The summed E-state index contributed by atoms with van der Waals surface area (Å²) in [4.78, 5) is 0. The van der Waals surface area contributed by atoms with Crippen LogP contribution in [-0.4, -0.2) is 16.8 Å². The summed E-state index contributed by atoms with van der Waals surface area (Å²) >= 11 is 0. The van der Waals surface area contributed by atoms with Crippen LogP contribution in [0.3, 0.4) is 0 Å². The Kier molecular flexibility index (Phi) is 5.39. The number of rotatable bonds is 7. The second-order valence-electron chi connectivity index (χ2n) is 5.83. The Labute approximate surface area is 127 Å². The van der Waals surface area contributed by atoms with Crippen LogP contribution >= 0.6 is 0 Å². The molecule has 114 valence electrons. The largest absolute Gasteiger partial charge is 0.439 e. The highest BCUT2D eigenvalue weighted by Gasteiger charge is 2.10. The van der Waals surface area contributed by atoms with E-state index in [0.29, 0.717) is 5.92 Å². The highest BCUT2D eigenvalue weighted by atomic mass is 16.5. The average molecular weight is 287 g/mol. The first-order valence-electron chi connectivity index (χ1n) is 7.54. The Balaban J connectivity index is 2.16. The van der Waals surface area contributed by atoms with Crippen LogP contribution in [-0.2, 0) is 13.1 Å². The van der Waals surface area contributed by atoms with Crippen LogP contribution < -0.4 is 10.1 Å². The van der Waals surface area contributed by atoms with Crippen molar-refractivity contribution in [3.63, 3.8) is 0 Å². The van der Waals surface area contributed by atoms with Crippen molar-refractivity contribution >= 4 is 0 Å². The van der Waals surface area contributed by atoms with Crippen molar-refractivity contribution in [1.82, 2.24) is 15.1 Å². The Morgan fingerprint density at radius 2 is 1.95 bits per heavy atom. The number of ether oxygens (including phenoxy) is 1. The van der Waals surface area contributed by atoms with Crippen LogP contribution in [0.1, 0.15) is 31.5 Å². The molecular formula is C17H25N3O. The molecule has 0 spiro atoms. The fraction of sp³-hybridized carbons (Fsp3) is 0.471. The first-order chi connectivity index (χ1) is 10.1. The Hall–Kier alpha value is -1.81. The van der Waals surface area contributed by atoms with Gasteiger partial charge in [0.15, 0.2) is 0 Å². The van der Waals surface area contributed by atoms with Crippen molar-refractivity contribution in [3.8, 4) is 11.6 Å². The summed E-state index contributed by atoms with van der Waals surface area (Å²) < 4.78 is 7.96. The third-order valence-corrected chi connectivity index (χ3v) is 3.31. The van der Waals surface area contributed by atoms with Crippen LogP contribution in [0.25, 0.3) is 0 Å². The van der Waals surface area contributed by atoms with Crippen molar-refractivity contribution in [2.45, 2.75) is 40.3 Å². The number of hydrogen-bond acceptors (Lipinski definition) is 3. The topological polar surface area (TPSA) is 39.1 Å². The van der Waals surface area contributed by atoms with Gasteiger partial charge in [-0.25, -0.2) is 4.68 Å². The summed E-state index contributed by atoms with van der Waals surface area (Å²) in [5.74, 6) is 2.31. The summed E-state index contributed by atoms with van der Waals surface area (Å²) in [6.07, 6.45) is 1.09. The normalized spacial score (nSPS) is 11.1. The van der Waals surface area contributed by atoms with E-state index in [0.717, 1.165) is 36.8 Å². The van der Waals surface area contributed by atoms with Crippen molar-refractivity contribution in [1.29, 1.82) is 0 Å². The first kappa shape index (κ1) is 15.6. The minimum atomic E-state index is 0.647. The van der Waals surface area contributed by atoms with Crippen LogP contribution in [0.15, 0.2) is 30.3 Å². The third kappa shape index (κ3) is 4.60. The van der Waals surface area contributed by atoms with Crippen molar-refractivity contribution in [2.24, 2.45) is 5.92 Å². The lowest BCUT2D eigenvalue weighted by molar-refractivity contribution is 0.390. The van der Waals surface area contributed by atoms with E-state index < -0.39 is 0 Å². The minimum absolute atomic E-state index is 0.647. The van der Waals surface area contributed by atoms with E-state index in [9.17, 15) is 0 Å². The molecule has 0 saturated heterocycles. The lowest BCUT2D eigenvalue weighted by atomic mass is 10.1. The molecule has 0 saturated carbocycles. The fourth-order valence-corrected chi connectivity index (χ4v) is 2.07. The number of benzene rings is 1. The molecule has 1 N–H and O–H groups in total. The monoisotopic (exact) mass is 287 g/mol. The van der Waals surface area contributed by atoms with E-state index in [1.54, 1.807) is 0 Å². The predicted octanol–water partition coefficient (Wildman–Crippen LogP) is 3.75. The molecule has 2 aromatic rings. The summed E-state index contributed by atoms with van der Waals surface area (Å²) in [5, 5.41) is 7.74. The summed E-state index contributed by atoms with van der Waals surface area (Å²) in [5.41, 5.74) is 2.23. The zero-order valence-corrected chi connectivity index (χ0v) is 13.4. The summed E-state index contributed by atoms with van der Waals surface area (Å²) in [6.45, 7) is 8.14. The smallest absolute Gasteiger partial charge is 0.218 e. The molecule has 1 aromatic heterocycles. The van der Waals surface area contributed by atoms with Gasteiger partial charge in [0, 0.05) is 19.2 Å². The number of hydrogen-bond donors (Lipinski definition) is 1. The van der Waals surface area contributed by atoms with Gasteiger partial charge in [-0.1, -0.05) is 31.5 Å². The molecule has 0 fully saturated rings. The molecule has 0 atom stereocenters. The molecule has 0 aliphatic rings. The van der Waals surface area contributed by atoms with Gasteiger partial charge in [-0.15, -0.1) is 0 Å². The van der Waals surface area contributed by atoms with Gasteiger partial charge in [0.05, 0.1) is 5.69 Å². The van der Waals surface area contributed by atoms with Crippen LogP contribution in [0, 0.1) is 12.8 Å². The summed E-state index contributed by atoms with van der Waals surface area (Å²) in [7, 11) is 1.92. The SMILES string of the molecule is CNCc1cc(Oc2ccc(C)cc2)n(CCC(C)C)n1. The van der Waals surface area contributed by atoms with Crippen LogP contribution in [0.5, 0.6) is 11.6 Å². The highest BCUT2D eigenvalue weighted by molar-refractivity contribution is 5.30. The molecule has 0 radical (unpaired) electrons. The second kappa shape index (κ2) is 7.27. The first-order valence-corrected chi connectivity index (χ1v) is 7.54. The number of nitrogens with zero attached hydrogens (tertiary/aromatic N) is 2. The van der Waals surface area contributed by atoms with E-state index in [1.807, 2.05) is 29.9 Å². The average Bonchev–Trinajstić information content (AvgIpc) is 2.81. The molecule has 4 nitrogen and oxygen atoms in total. The quantitative estimate of drug-likeness (QED) is 0.843. The molecule has 0 aliphatic heterocycles. The maximum Gasteiger partial charge on any atom is 0.218 e. The standard InChI is InChI=1S/C17H25N3O/c1-13(2)9-10-20-17(11-15(19-20)12-18-4)21-16-7-5-14(3)6-8-16/h5-8,11,13,18H,9-10,12H2,1-4H3. The zero-order valence-electron chi connectivity index (χ0n) is 13.4. The maximum absolute atomic E-state index is 6.00. The van der Waals surface area contributed by atoms with Gasteiger partial charge >= 0.3 is 0 Å². The fourth-order valence-electron chi connectivity index (χ4n) is 2.07. The molecule has 0 aliphatic carbocycles.